The van der Waals surface area contributed by atoms with Crippen LogP contribution in [0.15, 0.2) is 11.0 Å². The maximum atomic E-state index is 9.18. The third-order valence-corrected chi connectivity index (χ3v) is 3.28. The lowest BCUT2D eigenvalue weighted by atomic mass is 9.67. The van der Waals surface area contributed by atoms with Crippen molar-refractivity contribution in [3.05, 3.63) is 11.0 Å². The van der Waals surface area contributed by atoms with Crippen molar-refractivity contribution in [2.24, 2.45) is 0 Å². The molecule has 0 bridgehead atoms. The molecule has 0 spiro atoms. The number of hydrogen-bond acceptors (Lipinski definition) is 3. The van der Waals surface area contributed by atoms with Crippen molar-refractivity contribution >= 4 is 7.05 Å². The summed E-state index contributed by atoms with van der Waals surface area (Å²) < 4.78 is 5.85. The fourth-order valence-electron chi connectivity index (χ4n) is 2.59. The standard InChI is InChI=1S/C13H23BN2O/c1-6-12(9-15)13-7-8-17-14(13)16(10(2)3)11(4)5/h10-11H,6-8H2,1-5H3/b13-12-. The Morgan fingerprint density at radius 2 is 2.00 bits per heavy atom. The molecular formula is C13H23BN2O. The highest BCUT2D eigenvalue weighted by molar-refractivity contribution is 6.58. The quantitative estimate of drug-likeness (QED) is 0.554. The smallest absolute Gasteiger partial charge is 0.415 e. The molecule has 0 atom stereocenters. The minimum absolute atomic E-state index is 0.00426. The minimum atomic E-state index is 0.00426. The van der Waals surface area contributed by atoms with E-state index in [-0.39, 0.29) is 7.05 Å². The number of hydrogen-bond donors (Lipinski definition) is 0. The summed E-state index contributed by atoms with van der Waals surface area (Å²) in [5.74, 6) is 0. The molecule has 3 nitrogen and oxygen atoms in total. The Balaban J connectivity index is 3.03. The van der Waals surface area contributed by atoms with Crippen LogP contribution in [0.5, 0.6) is 0 Å². The van der Waals surface area contributed by atoms with Crippen molar-refractivity contribution in [2.75, 3.05) is 6.61 Å². The van der Waals surface area contributed by atoms with Crippen LogP contribution in [0, 0.1) is 11.3 Å². The predicted molar refractivity (Wildman–Crippen MR) is 71.4 cm³/mol. The molecule has 94 valence electrons. The van der Waals surface area contributed by atoms with Crippen LogP contribution >= 0.6 is 0 Å². The van der Waals surface area contributed by atoms with Gasteiger partial charge in [0.05, 0.1) is 6.07 Å². The van der Waals surface area contributed by atoms with Crippen molar-refractivity contribution < 1.29 is 4.65 Å². The summed E-state index contributed by atoms with van der Waals surface area (Å²) in [5, 5.41) is 9.18. The van der Waals surface area contributed by atoms with E-state index in [2.05, 4.69) is 38.6 Å². The van der Waals surface area contributed by atoms with Crippen LogP contribution in [0.25, 0.3) is 0 Å². The van der Waals surface area contributed by atoms with Crippen LogP contribution in [0.2, 0.25) is 0 Å². The lowest BCUT2D eigenvalue weighted by Gasteiger charge is -2.34. The van der Waals surface area contributed by atoms with Crippen LogP contribution in [0.1, 0.15) is 47.5 Å². The van der Waals surface area contributed by atoms with Gasteiger partial charge >= 0.3 is 7.05 Å². The summed E-state index contributed by atoms with van der Waals surface area (Å²) in [6.07, 6.45) is 1.70. The monoisotopic (exact) mass is 234 g/mol. The number of allylic oxidation sites excluding steroid dienone is 1. The fourth-order valence-corrected chi connectivity index (χ4v) is 2.59. The molecule has 4 heteroatoms. The molecule has 0 N–H and O–H groups in total. The van der Waals surface area contributed by atoms with Crippen LogP contribution in [-0.2, 0) is 4.65 Å². The zero-order chi connectivity index (χ0) is 13.0. The highest BCUT2D eigenvalue weighted by atomic mass is 16.4. The first kappa shape index (κ1) is 14.3. The first-order valence-electron chi connectivity index (χ1n) is 6.53. The van der Waals surface area contributed by atoms with Crippen molar-refractivity contribution in [2.45, 2.75) is 59.5 Å². The van der Waals surface area contributed by atoms with E-state index in [4.69, 9.17) is 4.65 Å². The Morgan fingerprint density at radius 1 is 1.41 bits per heavy atom. The minimum Gasteiger partial charge on any atom is -0.417 e. The average Bonchev–Trinajstić information content (AvgIpc) is 2.68. The van der Waals surface area contributed by atoms with Crippen molar-refractivity contribution in [1.82, 2.24) is 4.81 Å². The molecule has 0 amide bonds. The average molecular weight is 234 g/mol. The molecule has 17 heavy (non-hydrogen) atoms. The van der Waals surface area contributed by atoms with Crippen molar-refractivity contribution in [3.8, 4) is 6.07 Å². The SMILES string of the molecule is CC/C(C#N)=C1\CCOB1N(C(C)C)C(C)C. The molecule has 1 heterocycles. The highest BCUT2D eigenvalue weighted by Crippen LogP contribution is 2.27. The molecule has 0 radical (unpaired) electrons. The predicted octanol–water partition coefficient (Wildman–Crippen LogP) is 2.78. The van der Waals surface area contributed by atoms with Gasteiger partial charge in [-0.3, -0.25) is 0 Å². The van der Waals surface area contributed by atoms with Gasteiger partial charge in [-0.05, 0) is 30.4 Å². The van der Waals surface area contributed by atoms with Crippen LogP contribution in [-0.4, -0.2) is 30.6 Å². The lowest BCUT2D eigenvalue weighted by Crippen LogP contribution is -2.49. The molecule has 1 aliphatic heterocycles. The van der Waals surface area contributed by atoms with Gasteiger partial charge in [-0.1, -0.05) is 34.6 Å². The molecule has 1 saturated heterocycles. The summed E-state index contributed by atoms with van der Waals surface area (Å²) in [6.45, 7) is 11.5. The van der Waals surface area contributed by atoms with Crippen molar-refractivity contribution in [3.63, 3.8) is 0 Å². The van der Waals surface area contributed by atoms with Gasteiger partial charge < -0.3 is 9.47 Å². The van der Waals surface area contributed by atoms with E-state index in [1.807, 2.05) is 6.92 Å². The van der Waals surface area contributed by atoms with Gasteiger partial charge in [-0.2, -0.15) is 5.26 Å². The van der Waals surface area contributed by atoms with E-state index in [0.717, 1.165) is 25.0 Å². The Morgan fingerprint density at radius 3 is 2.41 bits per heavy atom. The van der Waals surface area contributed by atoms with E-state index < -0.39 is 0 Å². The Kier molecular flexibility index (Phi) is 5.23. The van der Waals surface area contributed by atoms with E-state index in [9.17, 15) is 5.26 Å². The molecule has 1 fully saturated rings. The molecule has 0 aliphatic carbocycles. The highest BCUT2D eigenvalue weighted by Gasteiger charge is 2.38. The Bertz CT molecular complexity index is 323. The second-order valence-electron chi connectivity index (χ2n) is 5.08. The van der Waals surface area contributed by atoms with Crippen molar-refractivity contribution in [1.29, 1.82) is 5.26 Å². The molecule has 0 aromatic carbocycles. The summed E-state index contributed by atoms with van der Waals surface area (Å²) in [6, 6.07) is 3.17. The van der Waals surface area contributed by atoms with Gasteiger partial charge in [0.25, 0.3) is 0 Å². The third-order valence-electron chi connectivity index (χ3n) is 3.28. The molecule has 0 aromatic heterocycles. The zero-order valence-electron chi connectivity index (χ0n) is 11.7. The first-order valence-corrected chi connectivity index (χ1v) is 6.53. The van der Waals surface area contributed by atoms with Gasteiger partial charge in [0.15, 0.2) is 0 Å². The van der Waals surface area contributed by atoms with Crippen LogP contribution in [0.3, 0.4) is 0 Å². The number of nitrogens with zero attached hydrogens (tertiary/aromatic N) is 2. The first-order chi connectivity index (χ1) is 8.02. The maximum Gasteiger partial charge on any atom is 0.415 e. The van der Waals surface area contributed by atoms with Gasteiger partial charge in [-0.15, -0.1) is 0 Å². The normalized spacial score (nSPS) is 19.4. The molecule has 1 rings (SSSR count). The third kappa shape index (κ3) is 3.11. The summed E-state index contributed by atoms with van der Waals surface area (Å²) in [4.78, 5) is 2.34. The molecule has 1 aliphatic rings. The van der Waals surface area contributed by atoms with Gasteiger partial charge in [-0.25, -0.2) is 0 Å². The van der Waals surface area contributed by atoms with E-state index >= 15 is 0 Å². The van der Waals surface area contributed by atoms with Crippen LogP contribution < -0.4 is 0 Å². The summed E-state index contributed by atoms with van der Waals surface area (Å²) in [7, 11) is 0.00426. The fraction of sp³-hybridized carbons (Fsp3) is 0.769. The second-order valence-corrected chi connectivity index (χ2v) is 5.08. The van der Waals surface area contributed by atoms with Gasteiger partial charge in [0.1, 0.15) is 0 Å². The van der Waals surface area contributed by atoms with Crippen LogP contribution in [0.4, 0.5) is 0 Å². The molecular weight excluding hydrogens is 211 g/mol. The lowest BCUT2D eigenvalue weighted by molar-refractivity contribution is 0.236. The number of rotatable bonds is 4. The Hall–Kier alpha value is -0.785. The Labute approximate surface area is 106 Å². The molecule has 0 saturated carbocycles. The topological polar surface area (TPSA) is 36.3 Å². The van der Waals surface area contributed by atoms with E-state index in [1.165, 1.54) is 5.47 Å². The second kappa shape index (κ2) is 6.23. The zero-order valence-corrected chi connectivity index (χ0v) is 11.7. The van der Waals surface area contributed by atoms with Gasteiger partial charge in [0, 0.05) is 12.2 Å². The number of nitriles is 1. The molecule has 0 unspecified atom stereocenters. The summed E-state index contributed by atoms with van der Waals surface area (Å²) >= 11 is 0. The largest absolute Gasteiger partial charge is 0.417 e. The summed E-state index contributed by atoms with van der Waals surface area (Å²) in [5.41, 5.74) is 2.09. The molecule has 0 aromatic rings. The van der Waals surface area contributed by atoms with E-state index in [0.29, 0.717) is 12.1 Å². The van der Waals surface area contributed by atoms with Gasteiger partial charge in [0.2, 0.25) is 0 Å². The van der Waals surface area contributed by atoms with E-state index in [1.54, 1.807) is 0 Å². The maximum absolute atomic E-state index is 9.18.